The van der Waals surface area contributed by atoms with E-state index in [-0.39, 0.29) is 6.54 Å². The fraction of sp³-hybridized carbons (Fsp3) is 0.286. The van der Waals surface area contributed by atoms with Crippen LogP contribution in [0.4, 0.5) is 5.13 Å². The molecule has 0 spiro atoms. The Labute approximate surface area is 79.3 Å². The van der Waals surface area contributed by atoms with E-state index in [0.717, 1.165) is 0 Å². The van der Waals surface area contributed by atoms with Crippen molar-refractivity contribution in [2.24, 2.45) is 0 Å². The van der Waals surface area contributed by atoms with Crippen LogP contribution in [0.5, 0.6) is 0 Å². The lowest BCUT2D eigenvalue weighted by atomic mass is 10.5. The number of anilines is 1. The number of carboxylic acid groups (broad SMARTS) is 1. The van der Waals surface area contributed by atoms with E-state index in [0.29, 0.717) is 11.7 Å². The summed E-state index contributed by atoms with van der Waals surface area (Å²) in [6, 6.07) is 0. The lowest BCUT2D eigenvalue weighted by molar-refractivity contribution is -0.135. The predicted octanol–water partition coefficient (Wildman–Crippen LogP) is 0.615. The summed E-state index contributed by atoms with van der Waals surface area (Å²) in [5.74, 6) is -0.892. The molecule has 0 aliphatic rings. The van der Waals surface area contributed by atoms with E-state index in [9.17, 15) is 4.79 Å². The van der Waals surface area contributed by atoms with Gasteiger partial charge in [-0.2, -0.15) is 0 Å². The number of carbonyl (C=O) groups is 1. The standard InChI is InChI=1S/C7H9N3O2S/c1-2-3-10(4-6(11)12)7-9-8-5-13-7/h2,5H,1,3-4H2,(H,11,12). The van der Waals surface area contributed by atoms with E-state index in [1.807, 2.05) is 0 Å². The second-order valence-corrected chi connectivity index (χ2v) is 3.10. The SMILES string of the molecule is C=CCN(CC(=O)O)c1nncs1. The highest BCUT2D eigenvalue weighted by molar-refractivity contribution is 7.13. The van der Waals surface area contributed by atoms with Gasteiger partial charge < -0.3 is 10.0 Å². The molecule has 0 radical (unpaired) electrons. The van der Waals surface area contributed by atoms with Gasteiger partial charge in [0.1, 0.15) is 12.1 Å². The topological polar surface area (TPSA) is 66.3 Å². The van der Waals surface area contributed by atoms with Gasteiger partial charge in [-0.1, -0.05) is 17.4 Å². The average molecular weight is 199 g/mol. The Kier molecular flexibility index (Phi) is 3.39. The summed E-state index contributed by atoms with van der Waals surface area (Å²) in [4.78, 5) is 12.1. The highest BCUT2D eigenvalue weighted by Gasteiger charge is 2.11. The molecule has 6 heteroatoms. The smallest absolute Gasteiger partial charge is 0.323 e. The summed E-state index contributed by atoms with van der Waals surface area (Å²) in [6.07, 6.45) is 1.63. The van der Waals surface area contributed by atoms with Crippen LogP contribution in [0.25, 0.3) is 0 Å². The van der Waals surface area contributed by atoms with Crippen LogP contribution in [0.1, 0.15) is 0 Å². The molecule has 0 amide bonds. The van der Waals surface area contributed by atoms with Crippen LogP contribution >= 0.6 is 11.3 Å². The highest BCUT2D eigenvalue weighted by Crippen LogP contribution is 2.14. The van der Waals surface area contributed by atoms with Gasteiger partial charge in [-0.25, -0.2) is 0 Å². The molecule has 1 aromatic heterocycles. The molecule has 0 saturated carbocycles. The van der Waals surface area contributed by atoms with Crippen LogP contribution in [-0.2, 0) is 4.79 Å². The normalized spacial score (nSPS) is 9.54. The van der Waals surface area contributed by atoms with E-state index in [1.165, 1.54) is 11.3 Å². The van der Waals surface area contributed by atoms with E-state index in [1.54, 1.807) is 16.5 Å². The first-order chi connectivity index (χ1) is 6.24. The molecular formula is C7H9N3O2S. The monoisotopic (exact) mass is 199 g/mol. The molecule has 0 aliphatic heterocycles. The summed E-state index contributed by atoms with van der Waals surface area (Å²) in [5.41, 5.74) is 1.56. The molecule has 1 aromatic rings. The average Bonchev–Trinajstić information content (AvgIpc) is 2.54. The fourth-order valence-corrected chi connectivity index (χ4v) is 1.41. The fourth-order valence-electron chi connectivity index (χ4n) is 0.834. The van der Waals surface area contributed by atoms with Gasteiger partial charge in [-0.3, -0.25) is 4.79 Å². The third-order valence-electron chi connectivity index (χ3n) is 1.29. The Bertz CT molecular complexity index is 286. The van der Waals surface area contributed by atoms with E-state index >= 15 is 0 Å². The van der Waals surface area contributed by atoms with Crippen molar-refractivity contribution < 1.29 is 9.90 Å². The van der Waals surface area contributed by atoms with Gasteiger partial charge in [0.05, 0.1) is 0 Å². The molecule has 5 nitrogen and oxygen atoms in total. The molecule has 0 saturated heterocycles. The number of aromatic nitrogens is 2. The van der Waals surface area contributed by atoms with Crippen molar-refractivity contribution in [3.63, 3.8) is 0 Å². The third kappa shape index (κ3) is 2.83. The van der Waals surface area contributed by atoms with Crippen LogP contribution in [0.2, 0.25) is 0 Å². The lowest BCUT2D eigenvalue weighted by Gasteiger charge is -2.15. The molecule has 70 valence electrons. The largest absolute Gasteiger partial charge is 0.480 e. The van der Waals surface area contributed by atoms with E-state index < -0.39 is 5.97 Å². The minimum absolute atomic E-state index is 0.0821. The Morgan fingerprint density at radius 2 is 2.62 bits per heavy atom. The molecule has 13 heavy (non-hydrogen) atoms. The van der Waals surface area contributed by atoms with Crippen LogP contribution < -0.4 is 4.90 Å². The number of hydrogen-bond donors (Lipinski definition) is 1. The Hall–Kier alpha value is -1.43. The van der Waals surface area contributed by atoms with Crippen molar-refractivity contribution in [3.8, 4) is 0 Å². The maximum atomic E-state index is 10.5. The van der Waals surface area contributed by atoms with Gasteiger partial charge in [0.2, 0.25) is 5.13 Å². The Morgan fingerprint density at radius 3 is 3.08 bits per heavy atom. The van der Waals surface area contributed by atoms with Crippen LogP contribution in [0, 0.1) is 0 Å². The van der Waals surface area contributed by atoms with Crippen molar-refractivity contribution in [1.82, 2.24) is 10.2 Å². The molecule has 0 bridgehead atoms. The molecule has 0 unspecified atom stereocenters. The van der Waals surface area contributed by atoms with Crippen LogP contribution in [0.3, 0.4) is 0 Å². The molecule has 0 fully saturated rings. The van der Waals surface area contributed by atoms with Gasteiger partial charge in [0.15, 0.2) is 0 Å². The quantitative estimate of drug-likeness (QED) is 0.704. The van der Waals surface area contributed by atoms with Crippen LogP contribution in [-0.4, -0.2) is 34.4 Å². The predicted molar refractivity (Wildman–Crippen MR) is 50.0 cm³/mol. The first-order valence-electron chi connectivity index (χ1n) is 3.58. The summed E-state index contributed by atoms with van der Waals surface area (Å²) in [5, 5.41) is 16.6. The van der Waals surface area contributed by atoms with Crippen molar-refractivity contribution >= 4 is 22.4 Å². The van der Waals surface area contributed by atoms with Gasteiger partial charge in [-0.05, 0) is 0 Å². The lowest BCUT2D eigenvalue weighted by Crippen LogP contribution is -2.29. The number of rotatable bonds is 5. The zero-order valence-electron chi connectivity index (χ0n) is 6.88. The summed E-state index contributed by atoms with van der Waals surface area (Å²) >= 11 is 1.31. The van der Waals surface area contributed by atoms with Gasteiger partial charge in [0.25, 0.3) is 0 Å². The number of nitrogens with zero attached hydrogens (tertiary/aromatic N) is 3. The second kappa shape index (κ2) is 4.56. The Balaban J connectivity index is 2.67. The highest BCUT2D eigenvalue weighted by atomic mass is 32.1. The first-order valence-corrected chi connectivity index (χ1v) is 4.46. The zero-order valence-corrected chi connectivity index (χ0v) is 7.70. The molecule has 1 N–H and O–H groups in total. The van der Waals surface area contributed by atoms with Gasteiger partial charge in [-0.15, -0.1) is 16.8 Å². The van der Waals surface area contributed by atoms with Gasteiger partial charge >= 0.3 is 5.97 Å². The molecule has 1 heterocycles. The molecule has 1 rings (SSSR count). The molecule has 0 aliphatic carbocycles. The Morgan fingerprint density at radius 1 is 1.85 bits per heavy atom. The summed E-state index contributed by atoms with van der Waals surface area (Å²) in [7, 11) is 0. The van der Waals surface area contributed by atoms with Crippen molar-refractivity contribution in [2.45, 2.75) is 0 Å². The van der Waals surface area contributed by atoms with Crippen molar-refractivity contribution in [3.05, 3.63) is 18.2 Å². The second-order valence-electron chi connectivity index (χ2n) is 2.28. The minimum atomic E-state index is -0.892. The maximum Gasteiger partial charge on any atom is 0.323 e. The van der Waals surface area contributed by atoms with Crippen molar-refractivity contribution in [1.29, 1.82) is 0 Å². The van der Waals surface area contributed by atoms with Gasteiger partial charge in [0, 0.05) is 6.54 Å². The molecular weight excluding hydrogens is 190 g/mol. The van der Waals surface area contributed by atoms with Crippen molar-refractivity contribution in [2.75, 3.05) is 18.0 Å². The molecule has 0 atom stereocenters. The third-order valence-corrected chi connectivity index (χ3v) is 2.05. The first kappa shape index (κ1) is 9.66. The van der Waals surface area contributed by atoms with E-state index in [2.05, 4.69) is 16.8 Å². The molecule has 0 aromatic carbocycles. The zero-order chi connectivity index (χ0) is 9.68. The summed E-state index contributed by atoms with van der Waals surface area (Å²) in [6.45, 7) is 3.92. The van der Waals surface area contributed by atoms with Crippen LogP contribution in [0.15, 0.2) is 18.2 Å². The number of aliphatic carboxylic acids is 1. The maximum absolute atomic E-state index is 10.5. The minimum Gasteiger partial charge on any atom is -0.480 e. The number of hydrogen-bond acceptors (Lipinski definition) is 5. The number of carboxylic acids is 1. The van der Waals surface area contributed by atoms with E-state index in [4.69, 9.17) is 5.11 Å². The summed E-state index contributed by atoms with van der Waals surface area (Å²) < 4.78 is 0.